The SMILES string of the molecule is CC1CN(C(=O)CCl)c2ccccc2S1. The second-order valence-corrected chi connectivity index (χ2v) is 5.28. The number of nitrogens with zero attached hydrogens (tertiary/aromatic N) is 1. The molecule has 1 aromatic rings. The van der Waals surface area contributed by atoms with Gasteiger partial charge < -0.3 is 4.90 Å². The number of rotatable bonds is 1. The molecule has 0 saturated carbocycles. The van der Waals surface area contributed by atoms with Crippen molar-refractivity contribution in [2.45, 2.75) is 17.1 Å². The van der Waals surface area contributed by atoms with Gasteiger partial charge in [-0.05, 0) is 12.1 Å². The highest BCUT2D eigenvalue weighted by Gasteiger charge is 2.25. The van der Waals surface area contributed by atoms with E-state index < -0.39 is 0 Å². The highest BCUT2D eigenvalue weighted by molar-refractivity contribution is 8.00. The zero-order valence-corrected chi connectivity index (χ0v) is 10.0. The van der Waals surface area contributed by atoms with E-state index in [1.807, 2.05) is 24.3 Å². The summed E-state index contributed by atoms with van der Waals surface area (Å²) >= 11 is 7.41. The Morgan fingerprint density at radius 3 is 3.07 bits per heavy atom. The number of carbonyl (C=O) groups is 1. The summed E-state index contributed by atoms with van der Waals surface area (Å²) in [5.74, 6) is 0.0300. The number of para-hydroxylation sites is 1. The molecule has 1 atom stereocenters. The summed E-state index contributed by atoms with van der Waals surface area (Å²) in [6.45, 7) is 2.86. The van der Waals surface area contributed by atoms with Crippen LogP contribution in [0, 0.1) is 0 Å². The van der Waals surface area contributed by atoms with Crippen LogP contribution < -0.4 is 4.90 Å². The number of hydrogen-bond acceptors (Lipinski definition) is 2. The fraction of sp³-hybridized carbons (Fsp3) is 0.364. The fourth-order valence-corrected chi connectivity index (χ4v) is 2.96. The maximum atomic E-state index is 11.7. The highest BCUT2D eigenvalue weighted by Crippen LogP contribution is 2.38. The van der Waals surface area contributed by atoms with Crippen molar-refractivity contribution in [3.05, 3.63) is 24.3 Å². The lowest BCUT2D eigenvalue weighted by molar-refractivity contribution is -0.116. The summed E-state index contributed by atoms with van der Waals surface area (Å²) < 4.78 is 0. The van der Waals surface area contributed by atoms with E-state index in [1.165, 1.54) is 0 Å². The summed E-state index contributed by atoms with van der Waals surface area (Å²) in [5, 5.41) is 0.423. The maximum absolute atomic E-state index is 11.7. The Kier molecular flexibility index (Phi) is 3.22. The van der Waals surface area contributed by atoms with Crippen LogP contribution in [0.1, 0.15) is 6.92 Å². The predicted molar refractivity (Wildman–Crippen MR) is 64.8 cm³/mol. The number of alkyl halides is 1. The molecule has 1 aliphatic rings. The summed E-state index contributed by atoms with van der Waals surface area (Å²) in [7, 11) is 0. The third-order valence-corrected chi connectivity index (χ3v) is 3.72. The number of anilines is 1. The average molecular weight is 242 g/mol. The first-order valence-corrected chi connectivity index (χ1v) is 6.26. The van der Waals surface area contributed by atoms with Crippen LogP contribution in [0.3, 0.4) is 0 Å². The van der Waals surface area contributed by atoms with Gasteiger partial charge in [-0.15, -0.1) is 23.4 Å². The van der Waals surface area contributed by atoms with Crippen molar-refractivity contribution in [2.75, 3.05) is 17.3 Å². The van der Waals surface area contributed by atoms with Crippen LogP contribution >= 0.6 is 23.4 Å². The molecule has 0 aromatic heterocycles. The third-order valence-electron chi connectivity index (χ3n) is 2.34. The van der Waals surface area contributed by atoms with Crippen molar-refractivity contribution in [1.82, 2.24) is 0 Å². The Morgan fingerprint density at radius 2 is 2.33 bits per heavy atom. The molecule has 0 spiro atoms. The molecule has 80 valence electrons. The van der Waals surface area contributed by atoms with Crippen LogP contribution in [-0.4, -0.2) is 23.6 Å². The quantitative estimate of drug-likeness (QED) is 0.705. The molecular weight excluding hydrogens is 230 g/mol. The van der Waals surface area contributed by atoms with E-state index in [4.69, 9.17) is 11.6 Å². The van der Waals surface area contributed by atoms with Crippen molar-refractivity contribution in [1.29, 1.82) is 0 Å². The van der Waals surface area contributed by atoms with Crippen LogP contribution in [0.25, 0.3) is 0 Å². The standard InChI is InChI=1S/C11H12ClNOS/c1-8-7-13(11(14)6-12)9-4-2-3-5-10(9)15-8/h2-5,8H,6-7H2,1H3. The molecule has 2 rings (SSSR count). The molecule has 1 aliphatic heterocycles. The summed E-state index contributed by atoms with van der Waals surface area (Å²) in [5.41, 5.74) is 0.992. The molecule has 0 bridgehead atoms. The normalized spacial score (nSPS) is 19.9. The molecule has 0 saturated heterocycles. The molecule has 1 unspecified atom stereocenters. The largest absolute Gasteiger partial charge is 0.309 e. The Bertz CT molecular complexity index is 383. The molecule has 2 nitrogen and oxygen atoms in total. The number of carbonyl (C=O) groups excluding carboxylic acids is 1. The van der Waals surface area contributed by atoms with Crippen molar-refractivity contribution >= 4 is 35.0 Å². The number of fused-ring (bicyclic) bond motifs is 1. The molecular formula is C11H12ClNOS. The van der Waals surface area contributed by atoms with Crippen molar-refractivity contribution < 1.29 is 4.79 Å². The Labute approximate surface area is 98.6 Å². The first-order valence-electron chi connectivity index (χ1n) is 4.84. The Hall–Kier alpha value is -0.670. The van der Waals surface area contributed by atoms with Gasteiger partial charge in [-0.3, -0.25) is 4.79 Å². The van der Waals surface area contributed by atoms with E-state index in [0.29, 0.717) is 5.25 Å². The molecule has 0 aliphatic carbocycles. The lowest BCUT2D eigenvalue weighted by Gasteiger charge is -2.32. The lowest BCUT2D eigenvalue weighted by Crippen LogP contribution is -2.39. The second-order valence-electron chi connectivity index (χ2n) is 3.53. The lowest BCUT2D eigenvalue weighted by atomic mass is 10.2. The summed E-state index contributed by atoms with van der Waals surface area (Å²) in [6, 6.07) is 7.96. The topological polar surface area (TPSA) is 20.3 Å². The number of thioether (sulfide) groups is 1. The van der Waals surface area contributed by atoms with Gasteiger partial charge in [0.25, 0.3) is 0 Å². The minimum absolute atomic E-state index is 0.0173. The summed E-state index contributed by atoms with van der Waals surface area (Å²) in [6.07, 6.45) is 0. The van der Waals surface area contributed by atoms with Crippen LogP contribution in [-0.2, 0) is 4.79 Å². The van der Waals surface area contributed by atoms with Crippen LogP contribution in [0.4, 0.5) is 5.69 Å². The molecule has 1 aromatic carbocycles. The molecule has 1 heterocycles. The monoisotopic (exact) mass is 241 g/mol. The van der Waals surface area contributed by atoms with Crippen LogP contribution in [0.2, 0.25) is 0 Å². The van der Waals surface area contributed by atoms with Gasteiger partial charge in [-0.2, -0.15) is 0 Å². The number of hydrogen-bond donors (Lipinski definition) is 0. The van der Waals surface area contributed by atoms with E-state index in [1.54, 1.807) is 16.7 Å². The van der Waals surface area contributed by atoms with E-state index >= 15 is 0 Å². The van der Waals surface area contributed by atoms with Gasteiger partial charge in [0.2, 0.25) is 5.91 Å². The third kappa shape index (κ3) is 2.13. The van der Waals surface area contributed by atoms with Crippen LogP contribution in [0.15, 0.2) is 29.2 Å². The van der Waals surface area contributed by atoms with Gasteiger partial charge in [0, 0.05) is 16.7 Å². The zero-order chi connectivity index (χ0) is 10.8. The van der Waals surface area contributed by atoms with Gasteiger partial charge in [-0.1, -0.05) is 19.1 Å². The molecule has 0 N–H and O–H groups in total. The van der Waals surface area contributed by atoms with Gasteiger partial charge in [0.15, 0.2) is 0 Å². The highest BCUT2D eigenvalue weighted by atomic mass is 35.5. The smallest absolute Gasteiger partial charge is 0.241 e. The Morgan fingerprint density at radius 1 is 1.60 bits per heavy atom. The number of halogens is 1. The number of amides is 1. The minimum atomic E-state index is -0.0173. The van der Waals surface area contributed by atoms with E-state index in [0.717, 1.165) is 17.1 Å². The van der Waals surface area contributed by atoms with E-state index in [2.05, 4.69) is 6.92 Å². The predicted octanol–water partition coefficient (Wildman–Crippen LogP) is 2.75. The van der Waals surface area contributed by atoms with Crippen LogP contribution in [0.5, 0.6) is 0 Å². The summed E-state index contributed by atoms with van der Waals surface area (Å²) in [4.78, 5) is 14.6. The molecule has 0 fully saturated rings. The molecule has 15 heavy (non-hydrogen) atoms. The first-order chi connectivity index (χ1) is 7.22. The van der Waals surface area contributed by atoms with E-state index in [9.17, 15) is 4.79 Å². The zero-order valence-electron chi connectivity index (χ0n) is 8.44. The van der Waals surface area contributed by atoms with Crippen molar-refractivity contribution in [2.24, 2.45) is 0 Å². The number of benzene rings is 1. The molecule has 0 radical (unpaired) electrons. The van der Waals surface area contributed by atoms with Gasteiger partial charge in [-0.25, -0.2) is 0 Å². The average Bonchev–Trinajstić information content (AvgIpc) is 2.26. The van der Waals surface area contributed by atoms with Crippen molar-refractivity contribution in [3.8, 4) is 0 Å². The maximum Gasteiger partial charge on any atom is 0.241 e. The van der Waals surface area contributed by atoms with Gasteiger partial charge in [0.1, 0.15) is 5.88 Å². The Balaban J connectivity index is 2.38. The van der Waals surface area contributed by atoms with E-state index in [-0.39, 0.29) is 11.8 Å². The second kappa shape index (κ2) is 4.45. The fourth-order valence-electron chi connectivity index (χ4n) is 1.70. The first kappa shape index (κ1) is 10.8. The molecule has 1 amide bonds. The van der Waals surface area contributed by atoms with Crippen molar-refractivity contribution in [3.63, 3.8) is 0 Å². The van der Waals surface area contributed by atoms with Gasteiger partial charge >= 0.3 is 0 Å². The molecule has 4 heteroatoms. The van der Waals surface area contributed by atoms with Gasteiger partial charge in [0.05, 0.1) is 5.69 Å². The minimum Gasteiger partial charge on any atom is -0.309 e.